The zero-order valence-corrected chi connectivity index (χ0v) is 12.0. The second-order valence-corrected chi connectivity index (χ2v) is 5.08. The van der Waals surface area contributed by atoms with E-state index in [4.69, 9.17) is 11.6 Å². The van der Waals surface area contributed by atoms with Crippen LogP contribution in [0.5, 0.6) is 0 Å². The average molecular weight is 301 g/mol. The lowest BCUT2D eigenvalue weighted by Gasteiger charge is -2.08. The molecule has 0 spiro atoms. The van der Waals surface area contributed by atoms with Crippen LogP contribution in [0.2, 0.25) is 5.02 Å². The van der Waals surface area contributed by atoms with E-state index in [0.717, 1.165) is 16.6 Å². The Morgan fingerprint density at radius 3 is 2.62 bits per heavy atom. The molecule has 1 heterocycles. The number of aromatic amines is 1. The number of hydrogen-bond donors (Lipinski definition) is 3. The second kappa shape index (κ2) is 5.46. The quantitative estimate of drug-likeness (QED) is 0.665. The third kappa shape index (κ3) is 2.98. The lowest BCUT2D eigenvalue weighted by atomic mass is 10.2. The van der Waals surface area contributed by atoms with Crippen LogP contribution < -0.4 is 10.6 Å². The van der Waals surface area contributed by atoms with Crippen LogP contribution in [-0.2, 0) is 0 Å². The molecule has 0 aliphatic heterocycles. The number of H-pyrrole nitrogens is 1. The maximum atomic E-state index is 12.0. The molecular formula is C15H13ClN4O. The van der Waals surface area contributed by atoms with Crippen molar-refractivity contribution in [1.29, 1.82) is 0 Å². The molecular weight excluding hydrogens is 288 g/mol. The third-order valence-corrected chi connectivity index (χ3v) is 3.52. The smallest absolute Gasteiger partial charge is 0.323 e. The van der Waals surface area contributed by atoms with Gasteiger partial charge in [-0.1, -0.05) is 17.7 Å². The first-order chi connectivity index (χ1) is 10.1. The van der Waals surface area contributed by atoms with Crippen LogP contribution in [0, 0.1) is 6.92 Å². The van der Waals surface area contributed by atoms with Crippen molar-refractivity contribution in [1.82, 2.24) is 9.97 Å². The molecule has 1 aromatic heterocycles. The van der Waals surface area contributed by atoms with E-state index in [9.17, 15) is 4.79 Å². The molecule has 0 radical (unpaired) electrons. The Labute approximate surface area is 126 Å². The summed E-state index contributed by atoms with van der Waals surface area (Å²) in [6.45, 7) is 1.91. The molecule has 3 N–H and O–H groups in total. The van der Waals surface area contributed by atoms with Crippen molar-refractivity contribution in [3.8, 4) is 0 Å². The summed E-state index contributed by atoms with van der Waals surface area (Å²) in [6.07, 6.45) is 1.61. The Kier molecular flexibility index (Phi) is 3.50. The van der Waals surface area contributed by atoms with E-state index in [1.165, 1.54) is 0 Å². The Balaban J connectivity index is 1.71. The number of nitrogens with one attached hydrogen (secondary N) is 3. The largest absolute Gasteiger partial charge is 0.345 e. The highest BCUT2D eigenvalue weighted by atomic mass is 35.5. The number of carbonyl (C=O) groups is 1. The zero-order chi connectivity index (χ0) is 14.8. The molecule has 0 bridgehead atoms. The van der Waals surface area contributed by atoms with Gasteiger partial charge >= 0.3 is 6.03 Å². The Hall–Kier alpha value is -2.53. The maximum absolute atomic E-state index is 12.0. The first-order valence-corrected chi connectivity index (χ1v) is 6.77. The van der Waals surface area contributed by atoms with Gasteiger partial charge in [0.25, 0.3) is 0 Å². The number of nitrogens with zero attached hydrogens (tertiary/aromatic N) is 1. The Morgan fingerprint density at radius 2 is 1.86 bits per heavy atom. The fourth-order valence-corrected chi connectivity index (χ4v) is 2.16. The minimum absolute atomic E-state index is 0.325. The summed E-state index contributed by atoms with van der Waals surface area (Å²) in [5, 5.41) is 6.12. The predicted octanol–water partition coefficient (Wildman–Crippen LogP) is 4.17. The van der Waals surface area contributed by atoms with E-state index in [0.29, 0.717) is 16.4 Å². The number of rotatable bonds is 2. The molecule has 3 aromatic rings. The fourth-order valence-electron chi connectivity index (χ4n) is 1.98. The Bertz CT molecular complexity index is 812. The highest BCUT2D eigenvalue weighted by Gasteiger charge is 2.05. The number of benzene rings is 2. The number of amides is 2. The van der Waals surface area contributed by atoms with Crippen molar-refractivity contribution in [3.05, 3.63) is 53.3 Å². The average Bonchev–Trinajstić information content (AvgIpc) is 2.90. The number of urea groups is 1. The van der Waals surface area contributed by atoms with Gasteiger partial charge in [0.2, 0.25) is 0 Å². The molecule has 0 atom stereocenters. The minimum Gasteiger partial charge on any atom is -0.345 e. The number of anilines is 2. The molecule has 0 unspecified atom stereocenters. The second-order valence-electron chi connectivity index (χ2n) is 4.68. The highest BCUT2D eigenvalue weighted by molar-refractivity contribution is 6.31. The van der Waals surface area contributed by atoms with Crippen LogP contribution in [0.25, 0.3) is 11.0 Å². The molecule has 0 aliphatic carbocycles. The number of halogens is 1. The number of aryl methyl sites for hydroxylation is 1. The molecule has 21 heavy (non-hydrogen) atoms. The summed E-state index contributed by atoms with van der Waals surface area (Å²) >= 11 is 6.03. The highest BCUT2D eigenvalue weighted by Crippen LogP contribution is 2.20. The van der Waals surface area contributed by atoms with Crippen LogP contribution in [0.3, 0.4) is 0 Å². The van der Waals surface area contributed by atoms with E-state index >= 15 is 0 Å². The fraction of sp³-hybridized carbons (Fsp3) is 0.0667. The SMILES string of the molecule is Cc1ccc(NC(=O)Nc2ccc3nc[nH]c3c2)cc1Cl. The van der Waals surface area contributed by atoms with Crippen molar-refractivity contribution in [2.24, 2.45) is 0 Å². The van der Waals surface area contributed by atoms with Crippen LogP contribution in [0.1, 0.15) is 5.56 Å². The van der Waals surface area contributed by atoms with Gasteiger partial charge in [-0.05, 0) is 42.8 Å². The van der Waals surface area contributed by atoms with Crippen molar-refractivity contribution in [2.45, 2.75) is 6.92 Å². The van der Waals surface area contributed by atoms with Gasteiger partial charge in [-0.25, -0.2) is 9.78 Å². The number of imidazole rings is 1. The lowest BCUT2D eigenvalue weighted by molar-refractivity contribution is 0.262. The molecule has 3 rings (SSSR count). The summed E-state index contributed by atoms with van der Waals surface area (Å²) in [7, 11) is 0. The van der Waals surface area contributed by atoms with Crippen LogP contribution in [0.15, 0.2) is 42.7 Å². The number of aromatic nitrogens is 2. The number of carbonyl (C=O) groups excluding carboxylic acids is 1. The molecule has 5 nitrogen and oxygen atoms in total. The summed E-state index contributed by atoms with van der Waals surface area (Å²) in [6, 6.07) is 10.5. The third-order valence-electron chi connectivity index (χ3n) is 3.11. The first kappa shape index (κ1) is 13.5. The van der Waals surface area contributed by atoms with Crippen molar-refractivity contribution in [2.75, 3.05) is 10.6 Å². The van der Waals surface area contributed by atoms with Crippen molar-refractivity contribution >= 4 is 40.0 Å². The van der Waals surface area contributed by atoms with Gasteiger partial charge in [-0.15, -0.1) is 0 Å². The number of fused-ring (bicyclic) bond motifs is 1. The standard InChI is InChI=1S/C15H13ClN4O/c1-9-2-3-10(6-12(9)16)19-15(21)20-11-4-5-13-14(7-11)18-8-17-13/h2-8H,1H3,(H,17,18)(H2,19,20,21). The van der Waals surface area contributed by atoms with Gasteiger partial charge in [-0.2, -0.15) is 0 Å². The van der Waals surface area contributed by atoms with E-state index < -0.39 is 0 Å². The van der Waals surface area contributed by atoms with E-state index in [-0.39, 0.29) is 6.03 Å². The molecule has 0 saturated carbocycles. The molecule has 106 valence electrons. The van der Waals surface area contributed by atoms with Gasteiger partial charge in [0, 0.05) is 16.4 Å². The van der Waals surface area contributed by atoms with Crippen molar-refractivity contribution < 1.29 is 4.79 Å². The maximum Gasteiger partial charge on any atom is 0.323 e. The predicted molar refractivity (Wildman–Crippen MR) is 84.9 cm³/mol. The monoisotopic (exact) mass is 300 g/mol. The first-order valence-electron chi connectivity index (χ1n) is 6.39. The Morgan fingerprint density at radius 1 is 1.14 bits per heavy atom. The summed E-state index contributed by atoms with van der Waals surface area (Å²) in [5.41, 5.74) is 4.01. The van der Waals surface area contributed by atoms with Gasteiger partial charge in [-0.3, -0.25) is 0 Å². The minimum atomic E-state index is -0.325. The van der Waals surface area contributed by atoms with Gasteiger partial charge in [0.1, 0.15) is 0 Å². The summed E-state index contributed by atoms with van der Waals surface area (Å²) < 4.78 is 0. The zero-order valence-electron chi connectivity index (χ0n) is 11.3. The van der Waals surface area contributed by atoms with E-state index in [1.54, 1.807) is 24.5 Å². The normalized spacial score (nSPS) is 10.6. The lowest BCUT2D eigenvalue weighted by Crippen LogP contribution is -2.19. The van der Waals surface area contributed by atoms with Gasteiger partial charge in [0.05, 0.1) is 17.4 Å². The molecule has 2 amide bonds. The van der Waals surface area contributed by atoms with Crippen molar-refractivity contribution in [3.63, 3.8) is 0 Å². The molecule has 0 saturated heterocycles. The van der Waals surface area contributed by atoms with Gasteiger partial charge < -0.3 is 15.6 Å². The molecule has 0 aliphatic rings. The van der Waals surface area contributed by atoms with Gasteiger partial charge in [0.15, 0.2) is 0 Å². The molecule has 2 aromatic carbocycles. The molecule has 0 fully saturated rings. The van der Waals surface area contributed by atoms with E-state index in [1.807, 2.05) is 25.1 Å². The number of hydrogen-bond acceptors (Lipinski definition) is 2. The van der Waals surface area contributed by atoms with Crippen LogP contribution in [0.4, 0.5) is 16.2 Å². The van der Waals surface area contributed by atoms with Crippen LogP contribution >= 0.6 is 11.6 Å². The molecule has 6 heteroatoms. The summed E-state index contributed by atoms with van der Waals surface area (Å²) in [4.78, 5) is 19.1. The van der Waals surface area contributed by atoms with Crippen LogP contribution in [-0.4, -0.2) is 16.0 Å². The topological polar surface area (TPSA) is 69.8 Å². The van der Waals surface area contributed by atoms with E-state index in [2.05, 4.69) is 20.6 Å². The summed E-state index contributed by atoms with van der Waals surface area (Å²) in [5.74, 6) is 0.